The monoisotopic (exact) mass is 578 g/mol. The molecule has 6 aromatic rings. The van der Waals surface area contributed by atoms with Gasteiger partial charge in [-0.1, -0.05) is 24.3 Å². The number of carbonyl (C=O) groups excluding carboxylic acids is 2. The van der Waals surface area contributed by atoms with Crippen molar-refractivity contribution in [3.8, 4) is 40.4 Å². The van der Waals surface area contributed by atoms with Crippen LogP contribution in [-0.4, -0.2) is 26.2 Å². The van der Waals surface area contributed by atoms with Crippen LogP contribution in [0.1, 0.15) is 20.7 Å². The van der Waals surface area contributed by atoms with Crippen LogP contribution in [0.3, 0.4) is 0 Å². The van der Waals surface area contributed by atoms with E-state index in [2.05, 4.69) is 22.9 Å². The molecule has 0 amide bonds. The largest absolute Gasteiger partial charge is 0.465 e. The molecule has 9 heteroatoms. The highest BCUT2D eigenvalue weighted by molar-refractivity contribution is 7.27. The van der Waals surface area contributed by atoms with Crippen LogP contribution in [0.15, 0.2) is 70.1 Å². The minimum Gasteiger partial charge on any atom is -0.465 e. The van der Waals surface area contributed by atoms with E-state index >= 15 is 0 Å². The van der Waals surface area contributed by atoms with Crippen LogP contribution in [0.2, 0.25) is 0 Å². The van der Waals surface area contributed by atoms with Gasteiger partial charge in [0.1, 0.15) is 0 Å². The average Bonchev–Trinajstić information content (AvgIpc) is 3.76. The Bertz CT molecular complexity index is 1580. The Labute approximate surface area is 233 Å². The smallest absolute Gasteiger partial charge is 0.339 e. The summed E-state index contributed by atoms with van der Waals surface area (Å²) in [7, 11) is 2.70. The minimum atomic E-state index is -0.565. The molecular weight excluding hydrogens is 561 g/mol. The van der Waals surface area contributed by atoms with Gasteiger partial charge < -0.3 is 9.47 Å². The van der Waals surface area contributed by atoms with Crippen molar-refractivity contribution in [2.75, 3.05) is 14.2 Å². The quantitative estimate of drug-likeness (QED) is 0.185. The van der Waals surface area contributed by atoms with E-state index in [9.17, 15) is 9.59 Å². The van der Waals surface area contributed by atoms with Gasteiger partial charge in [0.15, 0.2) is 0 Å². The fraction of sp³-hybridized carbons (Fsp3) is 0.0714. The molecule has 5 heterocycles. The minimum absolute atomic E-state index is 0.237. The predicted molar refractivity (Wildman–Crippen MR) is 158 cm³/mol. The molecule has 0 saturated carbocycles. The molecule has 0 aliphatic carbocycles. The third kappa shape index (κ3) is 3.98. The zero-order valence-corrected chi connectivity index (χ0v) is 23.7. The molecular formula is C28H18O4S5. The Morgan fingerprint density at radius 3 is 1.22 bits per heavy atom. The van der Waals surface area contributed by atoms with Gasteiger partial charge in [-0.3, -0.25) is 0 Å². The maximum absolute atomic E-state index is 13.6. The van der Waals surface area contributed by atoms with Crippen molar-refractivity contribution in [2.24, 2.45) is 0 Å². The van der Waals surface area contributed by atoms with Crippen LogP contribution in [0.5, 0.6) is 0 Å². The van der Waals surface area contributed by atoms with E-state index in [0.29, 0.717) is 11.1 Å². The lowest BCUT2D eigenvalue weighted by Crippen LogP contribution is -2.15. The number of fused-ring (bicyclic) bond motifs is 1. The number of carbonyl (C=O) groups is 2. The van der Waals surface area contributed by atoms with Gasteiger partial charge in [-0.15, -0.1) is 56.7 Å². The summed E-state index contributed by atoms with van der Waals surface area (Å²) in [6.07, 6.45) is 0. The van der Waals surface area contributed by atoms with Crippen molar-refractivity contribution in [1.29, 1.82) is 0 Å². The number of methoxy groups -OCH3 is 2. The second-order valence-electron chi connectivity index (χ2n) is 7.90. The van der Waals surface area contributed by atoms with E-state index < -0.39 is 11.9 Å². The lowest BCUT2D eigenvalue weighted by molar-refractivity contribution is 0.0557. The van der Waals surface area contributed by atoms with Gasteiger partial charge in [-0.05, 0) is 45.8 Å². The average molecular weight is 579 g/mol. The fourth-order valence-corrected chi connectivity index (χ4v) is 9.12. The first-order valence-electron chi connectivity index (χ1n) is 11.1. The van der Waals surface area contributed by atoms with E-state index in [4.69, 9.17) is 9.47 Å². The lowest BCUT2D eigenvalue weighted by atomic mass is 9.87. The van der Waals surface area contributed by atoms with Crippen LogP contribution in [-0.2, 0) is 9.47 Å². The van der Waals surface area contributed by atoms with Crippen molar-refractivity contribution >= 4 is 79.4 Å². The van der Waals surface area contributed by atoms with Crippen molar-refractivity contribution in [3.05, 3.63) is 81.2 Å². The van der Waals surface area contributed by atoms with Crippen molar-refractivity contribution < 1.29 is 19.1 Å². The van der Waals surface area contributed by atoms with E-state index in [-0.39, 0.29) is 11.1 Å². The van der Waals surface area contributed by atoms with Gasteiger partial charge in [0.2, 0.25) is 0 Å². The van der Waals surface area contributed by atoms with Crippen molar-refractivity contribution in [2.45, 2.75) is 0 Å². The predicted octanol–water partition coefficient (Wildman–Crippen LogP) is 9.39. The molecule has 0 bridgehead atoms. The van der Waals surface area contributed by atoms with Crippen LogP contribution >= 0.6 is 56.7 Å². The summed E-state index contributed by atoms with van der Waals surface area (Å²) in [6.45, 7) is 0. The molecule has 0 fully saturated rings. The summed E-state index contributed by atoms with van der Waals surface area (Å²) in [6, 6.07) is 16.1. The highest BCUT2D eigenvalue weighted by atomic mass is 32.1. The number of ether oxygens (including phenoxy) is 2. The summed E-state index contributed by atoms with van der Waals surface area (Å²) in [5.41, 5.74) is 1.89. The van der Waals surface area contributed by atoms with Gasteiger partial charge in [0.25, 0.3) is 0 Å². The normalized spacial score (nSPS) is 11.2. The summed E-state index contributed by atoms with van der Waals surface area (Å²) < 4.78 is 10.6. The first-order valence-corrected chi connectivity index (χ1v) is 15.5. The molecule has 1 aromatic carbocycles. The van der Waals surface area contributed by atoms with Crippen LogP contribution in [0.25, 0.3) is 51.2 Å². The number of rotatable bonds is 6. The Hall–Kier alpha value is -3.08. The van der Waals surface area contributed by atoms with Crippen LogP contribution in [0, 0.1) is 0 Å². The zero-order chi connectivity index (χ0) is 25.5. The molecule has 5 aromatic heterocycles. The second-order valence-corrected chi connectivity index (χ2v) is 12.7. The molecule has 0 N–H and O–H groups in total. The first kappa shape index (κ1) is 24.3. The maximum Gasteiger partial charge on any atom is 0.339 e. The maximum atomic E-state index is 13.6. The third-order valence-corrected chi connectivity index (χ3v) is 11.0. The van der Waals surface area contributed by atoms with Crippen molar-refractivity contribution in [1.82, 2.24) is 0 Å². The number of esters is 2. The number of thiophene rings is 5. The molecule has 0 radical (unpaired) electrons. The molecule has 4 nitrogen and oxygen atoms in total. The zero-order valence-electron chi connectivity index (χ0n) is 19.6. The summed E-state index contributed by atoms with van der Waals surface area (Å²) in [4.78, 5) is 33.2. The lowest BCUT2D eigenvalue weighted by Gasteiger charge is -2.19. The summed E-state index contributed by atoms with van der Waals surface area (Å²) in [5.74, 6) is -1.13. The number of hydrogen-bond donors (Lipinski definition) is 0. The molecule has 0 spiro atoms. The Morgan fingerprint density at radius 2 is 0.919 bits per heavy atom. The highest BCUT2D eigenvalue weighted by Gasteiger charge is 2.35. The van der Waals surface area contributed by atoms with Gasteiger partial charge in [-0.2, -0.15) is 0 Å². The standard InChI is InChI=1S/C28H18O4S5/c1-31-27(29)23-19(15-7-3-11-33-15)21-22(20(16-8-4-12-34-16)24(23)28(30)32-2)26(18-10-6-14-36-18)37-25(21)17-9-5-13-35-17/h3-14H,1-2H3. The molecule has 0 aliphatic heterocycles. The molecule has 0 saturated heterocycles. The fourth-order valence-electron chi connectivity index (χ4n) is 4.52. The van der Waals surface area contributed by atoms with E-state index in [1.807, 2.05) is 47.2 Å². The Balaban J connectivity index is 1.95. The molecule has 184 valence electrons. The van der Waals surface area contributed by atoms with Gasteiger partial charge >= 0.3 is 11.9 Å². The number of benzene rings is 1. The van der Waals surface area contributed by atoms with Gasteiger partial charge in [-0.25, -0.2) is 9.59 Å². The van der Waals surface area contributed by atoms with E-state index in [0.717, 1.165) is 40.0 Å². The van der Waals surface area contributed by atoms with Crippen LogP contribution < -0.4 is 0 Å². The second kappa shape index (κ2) is 10.00. The van der Waals surface area contributed by atoms with E-state index in [1.165, 1.54) is 36.9 Å². The summed E-state index contributed by atoms with van der Waals surface area (Å²) >= 11 is 8.07. The Kier molecular flexibility index (Phi) is 6.56. The SMILES string of the molecule is COC(=O)c1c(C(=O)OC)c(-c2cccs2)c2c(-c3cccs3)sc(-c3cccs3)c2c1-c1cccs1. The summed E-state index contributed by atoms with van der Waals surface area (Å²) in [5, 5.41) is 9.97. The first-order chi connectivity index (χ1) is 18.1. The molecule has 0 atom stereocenters. The third-order valence-electron chi connectivity index (χ3n) is 5.96. The Morgan fingerprint density at radius 1 is 0.568 bits per heavy atom. The van der Waals surface area contributed by atoms with Gasteiger partial charge in [0.05, 0.1) is 35.1 Å². The molecule has 0 aliphatic rings. The van der Waals surface area contributed by atoms with Crippen LogP contribution in [0.4, 0.5) is 0 Å². The molecule has 6 rings (SSSR count). The van der Waals surface area contributed by atoms with E-state index in [1.54, 1.807) is 34.0 Å². The number of hydrogen-bond acceptors (Lipinski definition) is 9. The van der Waals surface area contributed by atoms with Gasteiger partial charge in [0, 0.05) is 41.4 Å². The highest BCUT2D eigenvalue weighted by Crippen LogP contribution is 2.56. The topological polar surface area (TPSA) is 52.6 Å². The van der Waals surface area contributed by atoms with Crippen molar-refractivity contribution in [3.63, 3.8) is 0 Å². The molecule has 37 heavy (non-hydrogen) atoms. The molecule has 0 unspecified atom stereocenters.